The number of thioether (sulfide) groups is 1. The zero-order valence-corrected chi connectivity index (χ0v) is 14.3. The molecule has 0 atom stereocenters. The summed E-state index contributed by atoms with van der Waals surface area (Å²) < 4.78 is 5.26. The van der Waals surface area contributed by atoms with Crippen LogP contribution in [0.3, 0.4) is 0 Å². The number of nitrogens with zero attached hydrogens (tertiary/aromatic N) is 2. The number of rotatable bonds is 5. The second-order valence-corrected chi connectivity index (χ2v) is 6.11. The minimum absolute atomic E-state index is 0.151. The SMILES string of the molecule is CSc1ccccc1C(=O)NCc1noc(-c2ccc(C)cc2)n1. The minimum Gasteiger partial charge on any atom is -0.345 e. The molecule has 3 rings (SSSR count). The molecule has 0 aliphatic heterocycles. The van der Waals surface area contributed by atoms with E-state index in [0.29, 0.717) is 17.3 Å². The van der Waals surface area contributed by atoms with Crippen LogP contribution in [0.2, 0.25) is 0 Å². The highest BCUT2D eigenvalue weighted by Crippen LogP contribution is 2.20. The molecular formula is C18H17N3O2S. The molecular weight excluding hydrogens is 322 g/mol. The fraction of sp³-hybridized carbons (Fsp3) is 0.167. The Morgan fingerprint density at radius 3 is 2.67 bits per heavy atom. The van der Waals surface area contributed by atoms with Crippen molar-refractivity contribution in [2.24, 2.45) is 0 Å². The van der Waals surface area contributed by atoms with Gasteiger partial charge < -0.3 is 9.84 Å². The molecule has 0 bridgehead atoms. The highest BCUT2D eigenvalue weighted by atomic mass is 32.2. The van der Waals surface area contributed by atoms with Crippen molar-refractivity contribution in [3.63, 3.8) is 0 Å². The minimum atomic E-state index is -0.151. The normalized spacial score (nSPS) is 10.6. The van der Waals surface area contributed by atoms with E-state index in [1.807, 2.05) is 55.6 Å². The van der Waals surface area contributed by atoms with Crippen molar-refractivity contribution in [2.45, 2.75) is 18.4 Å². The number of carbonyl (C=O) groups excluding carboxylic acids is 1. The average molecular weight is 339 g/mol. The van der Waals surface area contributed by atoms with E-state index in [-0.39, 0.29) is 12.5 Å². The predicted octanol–water partition coefficient (Wildman–Crippen LogP) is 3.70. The Hall–Kier alpha value is -2.60. The van der Waals surface area contributed by atoms with Crippen LogP contribution in [0.5, 0.6) is 0 Å². The monoisotopic (exact) mass is 339 g/mol. The Morgan fingerprint density at radius 2 is 1.92 bits per heavy atom. The van der Waals surface area contributed by atoms with Gasteiger partial charge in [0.15, 0.2) is 5.82 Å². The van der Waals surface area contributed by atoms with Crippen LogP contribution in [0, 0.1) is 6.92 Å². The zero-order chi connectivity index (χ0) is 16.9. The van der Waals surface area contributed by atoms with E-state index >= 15 is 0 Å². The van der Waals surface area contributed by atoms with Gasteiger partial charge in [-0.2, -0.15) is 4.98 Å². The van der Waals surface area contributed by atoms with E-state index in [4.69, 9.17) is 4.52 Å². The molecule has 0 aliphatic carbocycles. The van der Waals surface area contributed by atoms with Gasteiger partial charge in [-0.25, -0.2) is 0 Å². The van der Waals surface area contributed by atoms with Gasteiger partial charge in [0.05, 0.1) is 12.1 Å². The van der Waals surface area contributed by atoms with Gasteiger partial charge in [0.1, 0.15) is 0 Å². The maximum atomic E-state index is 12.3. The lowest BCUT2D eigenvalue weighted by atomic mass is 10.1. The van der Waals surface area contributed by atoms with Crippen molar-refractivity contribution in [3.05, 3.63) is 65.5 Å². The van der Waals surface area contributed by atoms with Crippen molar-refractivity contribution in [1.82, 2.24) is 15.5 Å². The molecule has 24 heavy (non-hydrogen) atoms. The molecule has 122 valence electrons. The Morgan fingerprint density at radius 1 is 1.17 bits per heavy atom. The molecule has 1 N–H and O–H groups in total. The molecule has 1 heterocycles. The summed E-state index contributed by atoms with van der Waals surface area (Å²) in [7, 11) is 0. The first-order valence-electron chi connectivity index (χ1n) is 7.48. The molecule has 0 unspecified atom stereocenters. The summed E-state index contributed by atoms with van der Waals surface area (Å²) in [5.74, 6) is 0.742. The maximum Gasteiger partial charge on any atom is 0.257 e. The van der Waals surface area contributed by atoms with Crippen LogP contribution in [0.25, 0.3) is 11.5 Å². The van der Waals surface area contributed by atoms with Crippen LogP contribution in [-0.4, -0.2) is 22.3 Å². The van der Waals surface area contributed by atoms with E-state index in [9.17, 15) is 4.79 Å². The third kappa shape index (κ3) is 3.65. The maximum absolute atomic E-state index is 12.3. The number of nitrogens with one attached hydrogen (secondary N) is 1. The van der Waals surface area contributed by atoms with Crippen molar-refractivity contribution in [3.8, 4) is 11.5 Å². The smallest absolute Gasteiger partial charge is 0.257 e. The van der Waals surface area contributed by atoms with Crippen LogP contribution >= 0.6 is 11.8 Å². The van der Waals surface area contributed by atoms with Crippen molar-refractivity contribution >= 4 is 17.7 Å². The Kier molecular flexibility index (Phi) is 4.96. The molecule has 0 saturated heterocycles. The van der Waals surface area contributed by atoms with E-state index in [0.717, 1.165) is 10.5 Å². The van der Waals surface area contributed by atoms with Gasteiger partial charge >= 0.3 is 0 Å². The van der Waals surface area contributed by atoms with Crippen LogP contribution < -0.4 is 5.32 Å². The van der Waals surface area contributed by atoms with Crippen LogP contribution in [-0.2, 0) is 6.54 Å². The number of aromatic nitrogens is 2. The van der Waals surface area contributed by atoms with Crippen LogP contribution in [0.15, 0.2) is 57.9 Å². The van der Waals surface area contributed by atoms with Gasteiger partial charge in [-0.05, 0) is 37.4 Å². The van der Waals surface area contributed by atoms with Crippen molar-refractivity contribution in [1.29, 1.82) is 0 Å². The highest BCUT2D eigenvalue weighted by Gasteiger charge is 2.13. The first-order valence-corrected chi connectivity index (χ1v) is 8.70. The standard InChI is InChI=1S/C18H17N3O2S/c1-12-7-9-13(10-8-12)18-20-16(21-23-18)11-19-17(22)14-5-3-4-6-15(14)24-2/h3-10H,11H2,1-2H3,(H,19,22). The first kappa shape index (κ1) is 16.3. The van der Waals surface area contributed by atoms with Crippen molar-refractivity contribution in [2.75, 3.05) is 6.26 Å². The van der Waals surface area contributed by atoms with E-state index in [1.165, 1.54) is 17.3 Å². The molecule has 0 spiro atoms. The molecule has 6 heteroatoms. The molecule has 3 aromatic rings. The number of carbonyl (C=O) groups is 1. The Labute approximate surface area is 144 Å². The summed E-state index contributed by atoms with van der Waals surface area (Å²) in [6, 6.07) is 15.3. The van der Waals surface area contributed by atoms with Gasteiger partial charge in [0.2, 0.25) is 0 Å². The van der Waals surface area contributed by atoms with Gasteiger partial charge in [-0.1, -0.05) is 35.0 Å². The van der Waals surface area contributed by atoms with Crippen LogP contribution in [0.1, 0.15) is 21.7 Å². The molecule has 2 aromatic carbocycles. The number of hydrogen-bond donors (Lipinski definition) is 1. The summed E-state index contributed by atoms with van der Waals surface area (Å²) >= 11 is 1.54. The van der Waals surface area contributed by atoms with Gasteiger partial charge in [-0.3, -0.25) is 4.79 Å². The Bertz CT molecular complexity index is 843. The largest absolute Gasteiger partial charge is 0.345 e. The fourth-order valence-electron chi connectivity index (χ4n) is 2.23. The van der Waals surface area contributed by atoms with Gasteiger partial charge in [0, 0.05) is 10.5 Å². The zero-order valence-electron chi connectivity index (χ0n) is 13.4. The number of amides is 1. The summed E-state index contributed by atoms with van der Waals surface area (Å²) in [4.78, 5) is 17.6. The molecule has 0 fully saturated rings. The predicted molar refractivity (Wildman–Crippen MR) is 93.9 cm³/mol. The third-order valence-corrected chi connectivity index (χ3v) is 4.32. The molecule has 0 saturated carbocycles. The van der Waals surface area contributed by atoms with E-state index in [1.54, 1.807) is 6.07 Å². The first-order chi connectivity index (χ1) is 11.7. The van der Waals surface area contributed by atoms with Gasteiger partial charge in [0.25, 0.3) is 11.8 Å². The average Bonchev–Trinajstić information content (AvgIpc) is 3.09. The van der Waals surface area contributed by atoms with Crippen LogP contribution in [0.4, 0.5) is 0 Å². The second kappa shape index (κ2) is 7.31. The number of aryl methyl sites for hydroxylation is 1. The molecule has 1 amide bonds. The molecule has 5 nitrogen and oxygen atoms in total. The van der Waals surface area contributed by atoms with Crippen molar-refractivity contribution < 1.29 is 9.32 Å². The topological polar surface area (TPSA) is 68.0 Å². The Balaban J connectivity index is 1.67. The number of hydrogen-bond acceptors (Lipinski definition) is 5. The quantitative estimate of drug-likeness (QED) is 0.718. The summed E-state index contributed by atoms with van der Waals surface area (Å²) in [5, 5.41) is 6.74. The fourth-order valence-corrected chi connectivity index (χ4v) is 2.82. The third-order valence-electron chi connectivity index (χ3n) is 3.53. The van der Waals surface area contributed by atoms with E-state index in [2.05, 4.69) is 15.5 Å². The second-order valence-electron chi connectivity index (χ2n) is 5.26. The number of benzene rings is 2. The molecule has 0 radical (unpaired) electrons. The summed E-state index contributed by atoms with van der Waals surface area (Å²) in [5.41, 5.74) is 2.67. The lowest BCUT2D eigenvalue weighted by Gasteiger charge is -2.06. The molecule has 1 aromatic heterocycles. The molecule has 0 aliphatic rings. The van der Waals surface area contributed by atoms with Gasteiger partial charge in [-0.15, -0.1) is 11.8 Å². The lowest BCUT2D eigenvalue weighted by Crippen LogP contribution is -2.23. The lowest BCUT2D eigenvalue weighted by molar-refractivity contribution is 0.0946. The summed E-state index contributed by atoms with van der Waals surface area (Å²) in [6.45, 7) is 2.24. The van der Waals surface area contributed by atoms with E-state index < -0.39 is 0 Å². The summed E-state index contributed by atoms with van der Waals surface area (Å²) in [6.07, 6.45) is 1.94. The highest BCUT2D eigenvalue weighted by molar-refractivity contribution is 7.98.